The molecule has 92 valence electrons. The van der Waals surface area contributed by atoms with E-state index in [2.05, 4.69) is 21.2 Å². The van der Waals surface area contributed by atoms with Crippen molar-refractivity contribution < 1.29 is 9.53 Å². The summed E-state index contributed by atoms with van der Waals surface area (Å²) in [6.07, 6.45) is 2.24. The van der Waals surface area contributed by atoms with Gasteiger partial charge in [-0.15, -0.1) is 0 Å². The summed E-state index contributed by atoms with van der Waals surface area (Å²) in [4.78, 5) is 12.0. The minimum absolute atomic E-state index is 0.253. The van der Waals surface area contributed by atoms with Gasteiger partial charge < -0.3 is 4.74 Å². The number of benzene rings is 1. The lowest BCUT2D eigenvalue weighted by atomic mass is 9.92. The van der Waals surface area contributed by atoms with E-state index in [0.29, 0.717) is 6.04 Å². The summed E-state index contributed by atoms with van der Waals surface area (Å²) in [5.74, 6) is -0.253. The second kappa shape index (κ2) is 4.78. The van der Waals surface area contributed by atoms with Crippen molar-refractivity contribution in [2.75, 3.05) is 7.11 Å². The van der Waals surface area contributed by atoms with Crippen LogP contribution in [0.1, 0.15) is 25.3 Å². The second-order valence-corrected chi connectivity index (χ2v) is 5.37. The Morgan fingerprint density at radius 2 is 2.12 bits per heavy atom. The number of esters is 1. The third-order valence-electron chi connectivity index (χ3n) is 3.08. The van der Waals surface area contributed by atoms with Gasteiger partial charge in [0, 0.05) is 10.5 Å². The molecule has 2 rings (SSSR count). The zero-order valence-electron chi connectivity index (χ0n) is 10.00. The first-order valence-electron chi connectivity index (χ1n) is 5.69. The average Bonchev–Trinajstić information content (AvgIpc) is 3.12. The second-order valence-electron chi connectivity index (χ2n) is 4.52. The van der Waals surface area contributed by atoms with Crippen molar-refractivity contribution in [2.45, 2.75) is 31.3 Å². The molecule has 1 unspecified atom stereocenters. The summed E-state index contributed by atoms with van der Waals surface area (Å²) in [5.41, 5.74) is 0.134. The number of nitrogens with one attached hydrogen (secondary N) is 1. The zero-order chi connectivity index (χ0) is 12.5. The van der Waals surface area contributed by atoms with E-state index < -0.39 is 5.54 Å². The summed E-state index contributed by atoms with van der Waals surface area (Å²) < 4.78 is 5.85. The molecular formula is C13H16BrNO2. The fraction of sp³-hybridized carbons (Fsp3) is 0.462. The number of rotatable bonds is 4. The number of ether oxygens (including phenoxy) is 1. The molecule has 1 N–H and O–H groups in total. The van der Waals surface area contributed by atoms with Crippen LogP contribution in [0, 0.1) is 0 Å². The minimum Gasteiger partial charge on any atom is -0.467 e. The molecule has 0 radical (unpaired) electrons. The molecule has 0 bridgehead atoms. The van der Waals surface area contributed by atoms with Crippen molar-refractivity contribution in [2.24, 2.45) is 0 Å². The molecule has 1 fully saturated rings. The Morgan fingerprint density at radius 3 is 2.65 bits per heavy atom. The molecule has 1 saturated carbocycles. The molecule has 0 amide bonds. The Morgan fingerprint density at radius 1 is 1.47 bits per heavy atom. The topological polar surface area (TPSA) is 38.3 Å². The fourth-order valence-electron chi connectivity index (χ4n) is 1.95. The van der Waals surface area contributed by atoms with Crippen LogP contribution >= 0.6 is 15.9 Å². The van der Waals surface area contributed by atoms with Crippen LogP contribution in [-0.2, 0) is 15.1 Å². The van der Waals surface area contributed by atoms with Gasteiger partial charge in [0.15, 0.2) is 0 Å². The van der Waals surface area contributed by atoms with Gasteiger partial charge in [-0.3, -0.25) is 5.32 Å². The highest BCUT2D eigenvalue weighted by molar-refractivity contribution is 9.10. The lowest BCUT2D eigenvalue weighted by Crippen LogP contribution is -2.48. The molecule has 1 atom stereocenters. The van der Waals surface area contributed by atoms with Gasteiger partial charge in [-0.2, -0.15) is 0 Å². The van der Waals surface area contributed by atoms with E-state index >= 15 is 0 Å². The number of halogens is 1. The van der Waals surface area contributed by atoms with Gasteiger partial charge in [-0.1, -0.05) is 34.1 Å². The maximum absolute atomic E-state index is 12.0. The van der Waals surface area contributed by atoms with Crippen molar-refractivity contribution in [1.82, 2.24) is 5.32 Å². The molecular weight excluding hydrogens is 282 g/mol. The van der Waals surface area contributed by atoms with Crippen LogP contribution in [0.2, 0.25) is 0 Å². The lowest BCUT2D eigenvalue weighted by Gasteiger charge is -2.29. The van der Waals surface area contributed by atoms with Crippen molar-refractivity contribution in [3.05, 3.63) is 34.3 Å². The van der Waals surface area contributed by atoms with Crippen molar-refractivity contribution in [1.29, 1.82) is 0 Å². The molecule has 0 saturated heterocycles. The Balaban J connectivity index is 2.38. The summed E-state index contributed by atoms with van der Waals surface area (Å²) >= 11 is 3.49. The van der Waals surface area contributed by atoms with Crippen LogP contribution in [0.4, 0.5) is 0 Å². The Kier molecular flexibility index (Phi) is 3.54. The molecule has 0 aromatic heterocycles. The Labute approximate surface area is 110 Å². The van der Waals surface area contributed by atoms with E-state index in [9.17, 15) is 4.79 Å². The van der Waals surface area contributed by atoms with Crippen LogP contribution in [0.15, 0.2) is 28.7 Å². The largest absolute Gasteiger partial charge is 0.467 e. The maximum Gasteiger partial charge on any atom is 0.330 e. The van der Waals surface area contributed by atoms with Crippen LogP contribution in [0.3, 0.4) is 0 Å². The summed E-state index contributed by atoms with van der Waals surface area (Å²) in [6.45, 7) is 1.87. The number of hydrogen-bond acceptors (Lipinski definition) is 3. The molecule has 3 nitrogen and oxygen atoms in total. The van der Waals surface area contributed by atoms with E-state index in [1.807, 2.05) is 31.2 Å². The highest BCUT2D eigenvalue weighted by Gasteiger charge is 2.41. The first-order valence-corrected chi connectivity index (χ1v) is 6.48. The van der Waals surface area contributed by atoms with Gasteiger partial charge in [0.2, 0.25) is 0 Å². The van der Waals surface area contributed by atoms with Crippen molar-refractivity contribution in [3.8, 4) is 0 Å². The predicted octanol–water partition coefficient (Wildman–Crippen LogP) is 2.59. The molecule has 1 aliphatic carbocycles. The standard InChI is InChI=1S/C13H16BrNO2/c1-13(12(16)17-2,15-9-7-8-9)10-5-3-4-6-11(10)14/h3-6,9,15H,7-8H2,1-2H3. The van der Waals surface area contributed by atoms with E-state index in [-0.39, 0.29) is 5.97 Å². The molecule has 1 aromatic carbocycles. The average molecular weight is 298 g/mol. The molecule has 0 spiro atoms. The fourth-order valence-corrected chi connectivity index (χ4v) is 2.63. The third-order valence-corrected chi connectivity index (χ3v) is 3.77. The number of carbonyl (C=O) groups excluding carboxylic acids is 1. The third kappa shape index (κ3) is 2.53. The first-order chi connectivity index (χ1) is 8.08. The van der Waals surface area contributed by atoms with Crippen LogP contribution in [-0.4, -0.2) is 19.1 Å². The minimum atomic E-state index is -0.782. The lowest BCUT2D eigenvalue weighted by molar-refractivity contribution is -0.148. The zero-order valence-corrected chi connectivity index (χ0v) is 11.6. The Bertz CT molecular complexity index is 431. The maximum atomic E-state index is 12.0. The number of carbonyl (C=O) groups is 1. The normalized spacial score (nSPS) is 18.5. The SMILES string of the molecule is COC(=O)C(C)(NC1CC1)c1ccccc1Br. The van der Waals surface area contributed by atoms with E-state index in [1.165, 1.54) is 7.11 Å². The summed E-state index contributed by atoms with van der Waals surface area (Å²) in [6, 6.07) is 8.16. The molecule has 1 aromatic rings. The number of hydrogen-bond donors (Lipinski definition) is 1. The summed E-state index contributed by atoms with van der Waals surface area (Å²) in [5, 5.41) is 3.37. The van der Waals surface area contributed by atoms with E-state index in [4.69, 9.17) is 4.74 Å². The van der Waals surface area contributed by atoms with Crippen LogP contribution < -0.4 is 5.32 Å². The van der Waals surface area contributed by atoms with E-state index in [0.717, 1.165) is 22.9 Å². The summed E-state index contributed by atoms with van der Waals surface area (Å²) in [7, 11) is 1.42. The number of methoxy groups -OCH3 is 1. The molecule has 17 heavy (non-hydrogen) atoms. The predicted molar refractivity (Wildman–Crippen MR) is 69.7 cm³/mol. The quantitative estimate of drug-likeness (QED) is 0.868. The highest BCUT2D eigenvalue weighted by atomic mass is 79.9. The van der Waals surface area contributed by atoms with Gasteiger partial charge in [0.25, 0.3) is 0 Å². The molecule has 4 heteroatoms. The first kappa shape index (κ1) is 12.6. The van der Waals surface area contributed by atoms with E-state index in [1.54, 1.807) is 0 Å². The smallest absolute Gasteiger partial charge is 0.330 e. The van der Waals surface area contributed by atoms with Gasteiger partial charge >= 0.3 is 5.97 Å². The molecule has 1 aliphatic rings. The van der Waals surface area contributed by atoms with Crippen LogP contribution in [0.5, 0.6) is 0 Å². The van der Waals surface area contributed by atoms with Gasteiger partial charge in [-0.05, 0) is 31.4 Å². The highest BCUT2D eigenvalue weighted by Crippen LogP contribution is 2.33. The molecule has 0 heterocycles. The monoisotopic (exact) mass is 297 g/mol. The molecule has 0 aliphatic heterocycles. The van der Waals surface area contributed by atoms with Crippen molar-refractivity contribution >= 4 is 21.9 Å². The van der Waals surface area contributed by atoms with Gasteiger partial charge in [-0.25, -0.2) is 4.79 Å². The van der Waals surface area contributed by atoms with Gasteiger partial charge in [0.05, 0.1) is 7.11 Å². The van der Waals surface area contributed by atoms with Gasteiger partial charge in [0.1, 0.15) is 5.54 Å². The van der Waals surface area contributed by atoms with Crippen molar-refractivity contribution in [3.63, 3.8) is 0 Å². The Hall–Kier alpha value is -0.870. The van der Waals surface area contributed by atoms with Crippen LogP contribution in [0.25, 0.3) is 0 Å².